The third-order valence-corrected chi connectivity index (χ3v) is 5.56. The molecule has 8 nitrogen and oxygen atoms in total. The molecule has 0 aromatic heterocycles. The second-order valence-electron chi connectivity index (χ2n) is 9.10. The SMILES string of the molecule is CN1C(=O)[C@@H](NC(=O)/N=C/C(=C\N)Cc2ccc(F)cc2F)COc2ccc(C#CC(C)(C)CO)cc21. The number of anilines is 1. The zero-order valence-electron chi connectivity index (χ0n) is 20.7. The molecule has 0 spiro atoms. The van der Waals surface area contributed by atoms with Gasteiger partial charge >= 0.3 is 6.03 Å². The Balaban J connectivity index is 1.68. The number of allylic oxidation sites excluding steroid dienone is 1. The molecule has 1 atom stereocenters. The second-order valence-corrected chi connectivity index (χ2v) is 9.10. The molecule has 1 aliphatic rings. The number of carbonyl (C=O) groups is 2. The second kappa shape index (κ2) is 11.7. The van der Waals surface area contributed by atoms with E-state index in [1.165, 1.54) is 11.0 Å². The summed E-state index contributed by atoms with van der Waals surface area (Å²) in [4.78, 5) is 30.6. The van der Waals surface area contributed by atoms with Crippen LogP contribution in [0.25, 0.3) is 0 Å². The monoisotopic (exact) mass is 510 g/mol. The van der Waals surface area contributed by atoms with E-state index in [0.717, 1.165) is 24.5 Å². The lowest BCUT2D eigenvalue weighted by molar-refractivity contribution is -0.120. The van der Waals surface area contributed by atoms with Gasteiger partial charge in [0.25, 0.3) is 5.91 Å². The summed E-state index contributed by atoms with van der Waals surface area (Å²) in [5.41, 5.74) is 6.59. The van der Waals surface area contributed by atoms with Crippen molar-refractivity contribution in [2.45, 2.75) is 26.3 Å². The lowest BCUT2D eigenvalue weighted by Gasteiger charge is -2.20. The molecule has 0 bridgehead atoms. The largest absolute Gasteiger partial charge is 0.489 e. The minimum Gasteiger partial charge on any atom is -0.489 e. The average molecular weight is 511 g/mol. The molecule has 2 aromatic rings. The summed E-state index contributed by atoms with van der Waals surface area (Å²) in [6, 6.07) is 6.43. The first-order chi connectivity index (χ1) is 17.5. The van der Waals surface area contributed by atoms with Gasteiger partial charge in [-0.25, -0.2) is 18.6 Å². The van der Waals surface area contributed by atoms with Crippen LogP contribution in [0.2, 0.25) is 0 Å². The topological polar surface area (TPSA) is 117 Å². The van der Waals surface area contributed by atoms with Crippen molar-refractivity contribution in [3.05, 3.63) is 70.9 Å². The molecule has 10 heteroatoms. The number of aliphatic imine (C=N–C) groups is 1. The fourth-order valence-corrected chi connectivity index (χ4v) is 3.32. The van der Waals surface area contributed by atoms with Crippen molar-refractivity contribution in [3.8, 4) is 17.6 Å². The number of fused-ring (bicyclic) bond motifs is 1. The number of aliphatic hydroxyl groups is 1. The predicted molar refractivity (Wildman–Crippen MR) is 136 cm³/mol. The number of rotatable bonds is 5. The molecule has 0 saturated carbocycles. The van der Waals surface area contributed by atoms with Crippen molar-refractivity contribution in [1.82, 2.24) is 5.32 Å². The van der Waals surface area contributed by atoms with Gasteiger partial charge in [0.15, 0.2) is 0 Å². The van der Waals surface area contributed by atoms with Crippen molar-refractivity contribution in [2.24, 2.45) is 16.1 Å². The van der Waals surface area contributed by atoms with Crippen LogP contribution in [0.4, 0.5) is 19.3 Å². The fourth-order valence-electron chi connectivity index (χ4n) is 3.32. The molecular weight excluding hydrogens is 482 g/mol. The smallest absolute Gasteiger partial charge is 0.341 e. The Morgan fingerprint density at radius 3 is 2.76 bits per heavy atom. The molecule has 0 fully saturated rings. The maximum atomic E-state index is 13.9. The van der Waals surface area contributed by atoms with Crippen LogP contribution in [0.1, 0.15) is 25.0 Å². The third kappa shape index (κ3) is 7.15. The van der Waals surface area contributed by atoms with E-state index in [0.29, 0.717) is 22.6 Å². The summed E-state index contributed by atoms with van der Waals surface area (Å²) in [6.07, 6.45) is 2.30. The number of ether oxygens (including phenoxy) is 1. The number of nitrogens with zero attached hydrogens (tertiary/aromatic N) is 2. The number of likely N-dealkylation sites (N-methyl/N-ethyl adjacent to an activating group) is 1. The highest BCUT2D eigenvalue weighted by Crippen LogP contribution is 2.31. The zero-order chi connectivity index (χ0) is 27.2. The summed E-state index contributed by atoms with van der Waals surface area (Å²) >= 11 is 0. The highest BCUT2D eigenvalue weighted by molar-refractivity contribution is 6.01. The summed E-state index contributed by atoms with van der Waals surface area (Å²) in [6.45, 7) is 3.40. The molecule has 194 valence electrons. The van der Waals surface area contributed by atoms with Crippen LogP contribution in [-0.4, -0.2) is 49.6 Å². The van der Waals surface area contributed by atoms with Gasteiger partial charge in [0, 0.05) is 36.7 Å². The summed E-state index contributed by atoms with van der Waals surface area (Å²) < 4.78 is 32.8. The van der Waals surface area contributed by atoms with Gasteiger partial charge in [-0.3, -0.25) is 4.79 Å². The predicted octanol–water partition coefficient (Wildman–Crippen LogP) is 2.92. The van der Waals surface area contributed by atoms with E-state index in [9.17, 15) is 23.5 Å². The lowest BCUT2D eigenvalue weighted by atomic mass is 9.95. The minimum atomic E-state index is -1.02. The van der Waals surface area contributed by atoms with Gasteiger partial charge in [0.1, 0.15) is 30.0 Å². The first kappa shape index (κ1) is 27.4. The van der Waals surface area contributed by atoms with E-state index in [2.05, 4.69) is 22.2 Å². The molecule has 0 unspecified atom stereocenters. The Morgan fingerprint density at radius 2 is 2.08 bits per heavy atom. The van der Waals surface area contributed by atoms with Gasteiger partial charge < -0.3 is 25.8 Å². The zero-order valence-corrected chi connectivity index (χ0v) is 20.7. The fraction of sp³-hybridized carbons (Fsp3) is 0.296. The number of carbonyl (C=O) groups excluding carboxylic acids is 2. The van der Waals surface area contributed by atoms with Crippen LogP contribution in [0, 0.1) is 28.9 Å². The first-order valence-electron chi connectivity index (χ1n) is 11.4. The van der Waals surface area contributed by atoms with Crippen LogP contribution < -0.4 is 20.7 Å². The standard InChI is InChI=1S/C27H28F2N4O4/c1-27(2,16-34)9-8-17-4-7-24-23(11-17)33(3)25(35)22(15-37-24)32-26(36)31-14-18(13-30)10-19-5-6-20(28)12-21(19)29/h4-7,11-14,22,34H,10,15-16,30H2,1-3H3,(H,32,36)/b18-13-,31-14+/t22-/m0/s1. The summed E-state index contributed by atoms with van der Waals surface area (Å²) in [5.74, 6) is 4.55. The number of halogens is 2. The number of amides is 3. The maximum absolute atomic E-state index is 13.9. The molecule has 0 saturated heterocycles. The maximum Gasteiger partial charge on any atom is 0.341 e. The van der Waals surface area contributed by atoms with Crippen molar-refractivity contribution in [1.29, 1.82) is 0 Å². The highest BCUT2D eigenvalue weighted by atomic mass is 19.1. The Hall–Kier alpha value is -4.23. The minimum absolute atomic E-state index is 0.0103. The van der Waals surface area contributed by atoms with E-state index in [1.807, 2.05) is 13.8 Å². The molecular formula is C27H28F2N4O4. The number of nitrogens with two attached hydrogens (primary N) is 1. The normalized spacial score (nSPS) is 15.9. The number of nitrogens with one attached hydrogen (secondary N) is 1. The number of aliphatic hydroxyl groups excluding tert-OH is 1. The van der Waals surface area contributed by atoms with Gasteiger partial charge in [-0.15, -0.1) is 0 Å². The number of benzene rings is 2. The Labute approximate surface area is 213 Å². The van der Waals surface area contributed by atoms with Gasteiger partial charge in [-0.2, -0.15) is 0 Å². The van der Waals surface area contributed by atoms with E-state index in [-0.39, 0.29) is 25.2 Å². The first-order valence-corrected chi connectivity index (χ1v) is 11.4. The third-order valence-electron chi connectivity index (χ3n) is 5.56. The highest BCUT2D eigenvalue weighted by Gasteiger charge is 2.30. The van der Waals surface area contributed by atoms with Gasteiger partial charge in [-0.1, -0.05) is 17.9 Å². The molecule has 0 aliphatic carbocycles. The van der Waals surface area contributed by atoms with Gasteiger partial charge in [0.2, 0.25) is 0 Å². The lowest BCUT2D eigenvalue weighted by Crippen LogP contribution is -2.48. The molecule has 3 amide bonds. The van der Waals surface area contributed by atoms with Crippen LogP contribution in [0.3, 0.4) is 0 Å². The van der Waals surface area contributed by atoms with Crippen molar-refractivity contribution in [3.63, 3.8) is 0 Å². The van der Waals surface area contributed by atoms with Crippen LogP contribution >= 0.6 is 0 Å². The van der Waals surface area contributed by atoms with Crippen LogP contribution in [0.5, 0.6) is 5.75 Å². The Morgan fingerprint density at radius 1 is 1.32 bits per heavy atom. The molecule has 2 aromatic carbocycles. The Bertz CT molecular complexity index is 1310. The summed E-state index contributed by atoms with van der Waals surface area (Å²) in [7, 11) is 1.56. The molecule has 1 aliphatic heterocycles. The van der Waals surface area contributed by atoms with Gasteiger partial charge in [-0.05, 0) is 55.4 Å². The number of hydrogen-bond donors (Lipinski definition) is 3. The molecule has 4 N–H and O–H groups in total. The van der Waals surface area contributed by atoms with E-state index < -0.39 is 35.0 Å². The van der Waals surface area contributed by atoms with Crippen LogP contribution in [-0.2, 0) is 11.2 Å². The number of hydrogen-bond acceptors (Lipinski definition) is 5. The average Bonchev–Trinajstić information content (AvgIpc) is 2.98. The van der Waals surface area contributed by atoms with Gasteiger partial charge in [0.05, 0.1) is 12.3 Å². The summed E-state index contributed by atoms with van der Waals surface area (Å²) in [5, 5.41) is 11.9. The molecule has 1 heterocycles. The molecule has 3 rings (SSSR count). The van der Waals surface area contributed by atoms with Crippen LogP contribution in [0.15, 0.2) is 53.2 Å². The molecule has 0 radical (unpaired) electrons. The van der Waals surface area contributed by atoms with E-state index >= 15 is 0 Å². The van der Waals surface area contributed by atoms with Crippen molar-refractivity contribution >= 4 is 23.8 Å². The Kier molecular flexibility index (Phi) is 8.63. The quantitative estimate of drug-likeness (QED) is 0.423. The van der Waals surface area contributed by atoms with Crippen molar-refractivity contribution < 1.29 is 28.2 Å². The van der Waals surface area contributed by atoms with E-state index in [4.69, 9.17) is 10.5 Å². The van der Waals surface area contributed by atoms with Crippen molar-refractivity contribution in [2.75, 3.05) is 25.2 Å². The molecule has 37 heavy (non-hydrogen) atoms. The number of urea groups is 1. The van der Waals surface area contributed by atoms with E-state index in [1.54, 1.807) is 25.2 Å².